The van der Waals surface area contributed by atoms with Crippen LogP contribution in [-0.2, 0) is 4.79 Å². The molecule has 2 atom stereocenters. The second-order valence-corrected chi connectivity index (χ2v) is 4.10. The Hall–Kier alpha value is -1.18. The van der Waals surface area contributed by atoms with Crippen molar-refractivity contribution in [3.8, 4) is 0 Å². The zero-order chi connectivity index (χ0) is 9.97. The lowest BCUT2D eigenvalue weighted by Gasteiger charge is -2.09. The highest BCUT2D eigenvalue weighted by molar-refractivity contribution is 5.78. The van der Waals surface area contributed by atoms with Crippen LogP contribution in [0.1, 0.15) is 37.7 Å². The van der Waals surface area contributed by atoms with Crippen molar-refractivity contribution in [1.82, 2.24) is 4.98 Å². The lowest BCUT2D eigenvalue weighted by molar-refractivity contribution is -0.120. The molecule has 2 rings (SSSR count). The van der Waals surface area contributed by atoms with E-state index in [0.29, 0.717) is 17.6 Å². The van der Waals surface area contributed by atoms with Crippen molar-refractivity contribution in [2.24, 2.45) is 5.92 Å². The summed E-state index contributed by atoms with van der Waals surface area (Å²) in [4.78, 5) is 15.2. The minimum Gasteiger partial charge on any atom is -0.300 e. The van der Waals surface area contributed by atoms with Gasteiger partial charge in [0.1, 0.15) is 5.78 Å². The molecule has 1 fully saturated rings. The Morgan fingerprint density at radius 2 is 2.07 bits per heavy atom. The average Bonchev–Trinajstić information content (AvgIpc) is 2.68. The first-order chi connectivity index (χ1) is 6.77. The van der Waals surface area contributed by atoms with E-state index in [2.05, 4.69) is 17.1 Å². The molecule has 1 aromatic rings. The smallest absolute Gasteiger partial charge is 0.132 e. The number of aromatic nitrogens is 1. The van der Waals surface area contributed by atoms with Gasteiger partial charge in [0.05, 0.1) is 0 Å². The van der Waals surface area contributed by atoms with E-state index in [-0.39, 0.29) is 0 Å². The zero-order valence-electron chi connectivity index (χ0n) is 8.44. The summed E-state index contributed by atoms with van der Waals surface area (Å²) in [6.45, 7) is 1.71. The van der Waals surface area contributed by atoms with Crippen LogP contribution in [0.15, 0.2) is 24.5 Å². The molecule has 2 heteroatoms. The molecule has 2 nitrogen and oxygen atoms in total. The Labute approximate surface area is 84.4 Å². The molecule has 0 amide bonds. The monoisotopic (exact) mass is 189 g/mol. The van der Waals surface area contributed by atoms with E-state index in [1.807, 2.05) is 12.4 Å². The predicted molar refractivity (Wildman–Crippen MR) is 55.0 cm³/mol. The zero-order valence-corrected chi connectivity index (χ0v) is 8.44. The molecular formula is C12H15NO. The van der Waals surface area contributed by atoms with E-state index in [1.54, 1.807) is 6.92 Å². The summed E-state index contributed by atoms with van der Waals surface area (Å²) in [6.07, 6.45) is 6.89. The summed E-state index contributed by atoms with van der Waals surface area (Å²) in [5.74, 6) is 1.22. The van der Waals surface area contributed by atoms with Crippen molar-refractivity contribution in [1.29, 1.82) is 0 Å². The molecule has 1 aromatic heterocycles. The van der Waals surface area contributed by atoms with Crippen LogP contribution in [0.25, 0.3) is 0 Å². The maximum absolute atomic E-state index is 11.2. The van der Waals surface area contributed by atoms with Crippen molar-refractivity contribution in [2.45, 2.75) is 32.1 Å². The number of ketones is 1. The fourth-order valence-corrected chi connectivity index (χ4v) is 2.29. The van der Waals surface area contributed by atoms with Gasteiger partial charge in [-0.2, -0.15) is 0 Å². The van der Waals surface area contributed by atoms with Gasteiger partial charge in [0, 0.05) is 18.3 Å². The molecule has 1 aliphatic rings. The van der Waals surface area contributed by atoms with Gasteiger partial charge in [-0.05, 0) is 49.8 Å². The standard InChI is InChI=1S/C12H15NO/c1-9(14)11-2-3-12(8-11)10-4-6-13-7-5-10/h4-7,11-12H,2-3,8H2,1H3/t11-,12?/m1/s1. The fraction of sp³-hybridized carbons (Fsp3) is 0.500. The van der Waals surface area contributed by atoms with Gasteiger partial charge in [0.25, 0.3) is 0 Å². The molecule has 1 aliphatic carbocycles. The second kappa shape index (κ2) is 3.91. The number of hydrogen-bond acceptors (Lipinski definition) is 2. The number of pyridine rings is 1. The van der Waals surface area contributed by atoms with Crippen molar-refractivity contribution in [3.63, 3.8) is 0 Å². The SMILES string of the molecule is CC(=O)[C@@H]1CCC(c2ccncc2)C1. The van der Waals surface area contributed by atoms with E-state index in [1.165, 1.54) is 5.56 Å². The summed E-state index contributed by atoms with van der Waals surface area (Å²) in [7, 11) is 0. The van der Waals surface area contributed by atoms with Gasteiger partial charge >= 0.3 is 0 Å². The third-order valence-corrected chi connectivity index (χ3v) is 3.19. The summed E-state index contributed by atoms with van der Waals surface area (Å²) in [5.41, 5.74) is 1.34. The van der Waals surface area contributed by atoms with Gasteiger partial charge in [-0.1, -0.05) is 0 Å². The Morgan fingerprint density at radius 3 is 2.64 bits per heavy atom. The van der Waals surface area contributed by atoms with Crippen LogP contribution in [0.4, 0.5) is 0 Å². The Morgan fingerprint density at radius 1 is 1.36 bits per heavy atom. The van der Waals surface area contributed by atoms with Crippen LogP contribution in [0, 0.1) is 5.92 Å². The van der Waals surface area contributed by atoms with Crippen molar-refractivity contribution < 1.29 is 4.79 Å². The topological polar surface area (TPSA) is 30.0 Å². The van der Waals surface area contributed by atoms with Crippen molar-refractivity contribution in [2.75, 3.05) is 0 Å². The van der Waals surface area contributed by atoms with Crippen LogP contribution in [0.2, 0.25) is 0 Å². The number of carbonyl (C=O) groups is 1. The van der Waals surface area contributed by atoms with E-state index >= 15 is 0 Å². The molecule has 14 heavy (non-hydrogen) atoms. The Bertz CT molecular complexity index is 320. The molecule has 74 valence electrons. The predicted octanol–water partition coefficient (Wildman–Crippen LogP) is 2.55. The largest absolute Gasteiger partial charge is 0.300 e. The lowest BCUT2D eigenvalue weighted by atomic mass is 9.96. The quantitative estimate of drug-likeness (QED) is 0.715. The van der Waals surface area contributed by atoms with E-state index in [0.717, 1.165) is 19.3 Å². The normalized spacial score (nSPS) is 26.4. The molecule has 0 spiro atoms. The minimum atomic E-state index is 0.299. The molecule has 0 aromatic carbocycles. The molecule has 0 aliphatic heterocycles. The maximum atomic E-state index is 11.2. The molecule has 1 saturated carbocycles. The third-order valence-electron chi connectivity index (χ3n) is 3.19. The number of nitrogens with zero attached hydrogens (tertiary/aromatic N) is 1. The first kappa shape index (κ1) is 9.38. The van der Waals surface area contributed by atoms with Gasteiger partial charge in [-0.15, -0.1) is 0 Å². The number of Topliss-reactive ketones (excluding diaryl/α,β-unsaturated/α-hetero) is 1. The molecule has 0 radical (unpaired) electrons. The molecule has 1 heterocycles. The van der Waals surface area contributed by atoms with Gasteiger partial charge < -0.3 is 0 Å². The fourth-order valence-electron chi connectivity index (χ4n) is 2.29. The first-order valence-corrected chi connectivity index (χ1v) is 5.17. The van der Waals surface area contributed by atoms with Crippen LogP contribution < -0.4 is 0 Å². The lowest BCUT2D eigenvalue weighted by Crippen LogP contribution is -2.05. The van der Waals surface area contributed by atoms with Crippen LogP contribution in [0.3, 0.4) is 0 Å². The highest BCUT2D eigenvalue weighted by Gasteiger charge is 2.28. The molecule has 0 saturated heterocycles. The van der Waals surface area contributed by atoms with E-state index in [4.69, 9.17) is 0 Å². The van der Waals surface area contributed by atoms with Crippen molar-refractivity contribution >= 4 is 5.78 Å². The van der Waals surface area contributed by atoms with Crippen LogP contribution in [0.5, 0.6) is 0 Å². The number of hydrogen-bond donors (Lipinski definition) is 0. The molecule has 0 N–H and O–H groups in total. The van der Waals surface area contributed by atoms with Crippen molar-refractivity contribution in [3.05, 3.63) is 30.1 Å². The highest BCUT2D eigenvalue weighted by Crippen LogP contribution is 2.38. The minimum absolute atomic E-state index is 0.299. The maximum Gasteiger partial charge on any atom is 0.132 e. The van der Waals surface area contributed by atoms with Gasteiger partial charge in [0.15, 0.2) is 0 Å². The van der Waals surface area contributed by atoms with Gasteiger partial charge in [0.2, 0.25) is 0 Å². The Kier molecular flexibility index (Phi) is 2.62. The van der Waals surface area contributed by atoms with E-state index in [9.17, 15) is 4.79 Å². The van der Waals surface area contributed by atoms with Gasteiger partial charge in [-0.25, -0.2) is 0 Å². The van der Waals surface area contributed by atoms with Crippen LogP contribution in [-0.4, -0.2) is 10.8 Å². The van der Waals surface area contributed by atoms with Crippen LogP contribution >= 0.6 is 0 Å². The Balaban J connectivity index is 2.06. The number of rotatable bonds is 2. The molecule has 0 bridgehead atoms. The van der Waals surface area contributed by atoms with E-state index < -0.39 is 0 Å². The summed E-state index contributed by atoms with van der Waals surface area (Å²) >= 11 is 0. The summed E-state index contributed by atoms with van der Waals surface area (Å²) in [6, 6.07) is 4.13. The first-order valence-electron chi connectivity index (χ1n) is 5.17. The third kappa shape index (κ3) is 1.84. The summed E-state index contributed by atoms with van der Waals surface area (Å²) in [5, 5.41) is 0. The highest BCUT2D eigenvalue weighted by atomic mass is 16.1. The second-order valence-electron chi connectivity index (χ2n) is 4.10. The summed E-state index contributed by atoms with van der Waals surface area (Å²) < 4.78 is 0. The number of carbonyl (C=O) groups excluding carboxylic acids is 1. The molecule has 1 unspecified atom stereocenters. The molecular weight excluding hydrogens is 174 g/mol. The average molecular weight is 189 g/mol. The van der Waals surface area contributed by atoms with Gasteiger partial charge in [-0.3, -0.25) is 9.78 Å².